The average Bonchev–Trinajstić information content (AvgIpc) is 2.90. The third-order valence-corrected chi connectivity index (χ3v) is 9.12. The molecule has 0 spiro atoms. The van der Waals surface area contributed by atoms with Crippen molar-refractivity contribution in [3.05, 3.63) is 97.1 Å². The Hall–Kier alpha value is -3.72. The fraction of sp³-hybridized carbons (Fsp3) is 0.0769. The van der Waals surface area contributed by atoms with Gasteiger partial charge in [0.2, 0.25) is 9.84 Å². The fourth-order valence-corrected chi connectivity index (χ4v) is 6.52. The van der Waals surface area contributed by atoms with E-state index in [1.807, 2.05) is 0 Å². The Labute approximate surface area is 236 Å². The SMILES string of the molecule is COc1ccc(S(=O)(=O)c2ccc(OS(=O)(=O)Oc3ccc(Sc4ccc(OS(C)(=O)=O)cc4)cc3)cc2)cc1. The molecule has 0 fully saturated rings. The number of hydrogen-bond donors (Lipinski definition) is 0. The number of ether oxygens (including phenoxy) is 1. The third kappa shape index (κ3) is 7.91. The van der Waals surface area contributed by atoms with Gasteiger partial charge in [0.1, 0.15) is 23.0 Å². The summed E-state index contributed by atoms with van der Waals surface area (Å²) in [4.78, 5) is 1.56. The molecule has 0 radical (unpaired) electrons. The van der Waals surface area contributed by atoms with Crippen molar-refractivity contribution in [1.29, 1.82) is 0 Å². The molecule has 0 unspecified atom stereocenters. The molecule has 0 bridgehead atoms. The zero-order valence-corrected chi connectivity index (χ0v) is 24.2. The van der Waals surface area contributed by atoms with Crippen molar-refractivity contribution in [1.82, 2.24) is 0 Å². The number of hydrogen-bond acceptors (Lipinski definition) is 11. The van der Waals surface area contributed by atoms with E-state index < -0.39 is 30.4 Å². The average molecular weight is 623 g/mol. The van der Waals surface area contributed by atoms with Crippen molar-refractivity contribution >= 4 is 42.1 Å². The molecule has 4 aromatic rings. The van der Waals surface area contributed by atoms with Gasteiger partial charge in [-0.15, -0.1) is 8.42 Å². The summed E-state index contributed by atoms with van der Waals surface area (Å²) in [5.74, 6) is 0.563. The van der Waals surface area contributed by atoms with E-state index in [2.05, 4.69) is 0 Å². The summed E-state index contributed by atoms with van der Waals surface area (Å²) in [5, 5.41) is 0. The lowest BCUT2D eigenvalue weighted by Gasteiger charge is -2.10. The highest BCUT2D eigenvalue weighted by atomic mass is 32.3. The lowest BCUT2D eigenvalue weighted by molar-refractivity contribution is 0.392. The van der Waals surface area contributed by atoms with Crippen LogP contribution in [0.25, 0.3) is 0 Å². The summed E-state index contributed by atoms with van der Waals surface area (Å²) in [6, 6.07) is 23.3. The lowest BCUT2D eigenvalue weighted by atomic mass is 10.3. The van der Waals surface area contributed by atoms with E-state index in [9.17, 15) is 25.3 Å². The maximum atomic E-state index is 12.8. The third-order valence-electron chi connectivity index (χ3n) is 5.03. The van der Waals surface area contributed by atoms with Crippen LogP contribution in [0, 0.1) is 0 Å². The van der Waals surface area contributed by atoms with E-state index in [4.69, 9.17) is 17.3 Å². The molecule has 4 aromatic carbocycles. The Kier molecular flexibility index (Phi) is 8.63. The molecule has 0 saturated carbocycles. The van der Waals surface area contributed by atoms with Gasteiger partial charge in [0.25, 0.3) is 0 Å². The zero-order valence-electron chi connectivity index (χ0n) is 21.0. The molecule has 40 heavy (non-hydrogen) atoms. The second-order valence-corrected chi connectivity index (χ2v) is 13.9. The van der Waals surface area contributed by atoms with Crippen LogP contribution in [0.15, 0.2) is 117 Å². The van der Waals surface area contributed by atoms with E-state index in [1.54, 1.807) is 24.3 Å². The summed E-state index contributed by atoms with van der Waals surface area (Å²) < 4.78 is 92.7. The van der Waals surface area contributed by atoms with E-state index in [0.29, 0.717) is 5.75 Å². The summed E-state index contributed by atoms with van der Waals surface area (Å²) in [7, 11) is -10.5. The van der Waals surface area contributed by atoms with E-state index >= 15 is 0 Å². The molecule has 0 aliphatic rings. The Morgan fingerprint density at radius 1 is 0.500 bits per heavy atom. The maximum Gasteiger partial charge on any atom is 0.500 e. The van der Waals surface area contributed by atoms with E-state index in [1.165, 1.54) is 91.7 Å². The van der Waals surface area contributed by atoms with Gasteiger partial charge in [-0.25, -0.2) is 8.42 Å². The molecule has 0 aliphatic carbocycles. The molecule has 0 N–H and O–H groups in total. The second kappa shape index (κ2) is 11.8. The summed E-state index contributed by atoms with van der Waals surface area (Å²) >= 11 is 1.35. The van der Waals surface area contributed by atoms with Crippen molar-refractivity contribution < 1.29 is 42.5 Å². The Balaban J connectivity index is 1.37. The first-order valence-electron chi connectivity index (χ1n) is 11.2. The van der Waals surface area contributed by atoms with Gasteiger partial charge in [0.15, 0.2) is 0 Å². The number of rotatable bonds is 11. The topological polar surface area (TPSA) is 139 Å². The summed E-state index contributed by atoms with van der Waals surface area (Å²) in [6.45, 7) is 0. The molecular weight excluding hydrogens is 601 g/mol. The molecule has 0 aromatic heterocycles. The Bertz CT molecular complexity index is 1780. The predicted octanol–water partition coefficient (Wildman–Crippen LogP) is 4.72. The van der Waals surface area contributed by atoms with Crippen LogP contribution in [0.1, 0.15) is 0 Å². The first-order valence-corrected chi connectivity index (χ1v) is 16.7. The minimum Gasteiger partial charge on any atom is -0.497 e. The van der Waals surface area contributed by atoms with Crippen LogP contribution in [0.4, 0.5) is 0 Å². The summed E-state index contributed by atoms with van der Waals surface area (Å²) in [6.07, 6.45) is 0.956. The molecule has 0 saturated heterocycles. The number of sulfone groups is 1. The second-order valence-electron chi connectivity index (χ2n) is 8.06. The highest BCUT2D eigenvalue weighted by Crippen LogP contribution is 2.31. The normalized spacial score (nSPS) is 11.9. The monoisotopic (exact) mass is 622 g/mol. The molecule has 210 valence electrons. The highest BCUT2D eigenvalue weighted by Gasteiger charge is 2.20. The van der Waals surface area contributed by atoms with Gasteiger partial charge >= 0.3 is 20.5 Å². The van der Waals surface area contributed by atoms with Crippen molar-refractivity contribution in [2.75, 3.05) is 13.4 Å². The number of methoxy groups -OCH3 is 1. The standard InChI is InChI=1S/C26H22O10S4/c1-33-19-7-15-25(16-8-19)39(29,30)26-17-9-22(10-18-26)36-40(31,32)35-21-5-13-24(14-6-21)37-23-11-3-20(4-12-23)34-38(2,27)28/h3-18H,1-2H3. The first-order chi connectivity index (χ1) is 18.8. The largest absolute Gasteiger partial charge is 0.500 e. The van der Waals surface area contributed by atoms with Crippen molar-refractivity contribution in [2.45, 2.75) is 19.6 Å². The molecule has 0 atom stereocenters. The van der Waals surface area contributed by atoms with Gasteiger partial charge in [-0.3, -0.25) is 0 Å². The highest BCUT2D eigenvalue weighted by molar-refractivity contribution is 7.99. The minimum absolute atomic E-state index is 0.0000426. The molecular formula is C26H22O10S4. The van der Waals surface area contributed by atoms with Crippen molar-refractivity contribution in [2.24, 2.45) is 0 Å². The molecule has 0 amide bonds. The number of benzene rings is 4. The van der Waals surface area contributed by atoms with Crippen molar-refractivity contribution in [3.8, 4) is 23.0 Å². The lowest BCUT2D eigenvalue weighted by Crippen LogP contribution is -2.16. The van der Waals surface area contributed by atoms with Crippen LogP contribution in [0.3, 0.4) is 0 Å². The van der Waals surface area contributed by atoms with Crippen LogP contribution >= 0.6 is 11.8 Å². The van der Waals surface area contributed by atoms with Crippen LogP contribution in [0.2, 0.25) is 0 Å². The van der Waals surface area contributed by atoms with E-state index in [0.717, 1.165) is 16.0 Å². The fourth-order valence-electron chi connectivity index (χ4n) is 3.26. The van der Waals surface area contributed by atoms with Crippen LogP contribution in [-0.2, 0) is 30.4 Å². The first kappa shape index (κ1) is 29.3. The smallest absolute Gasteiger partial charge is 0.497 e. The quantitative estimate of drug-likeness (QED) is 0.215. The molecule has 0 heterocycles. The van der Waals surface area contributed by atoms with Crippen LogP contribution < -0.4 is 17.3 Å². The zero-order chi connectivity index (χ0) is 29.0. The van der Waals surface area contributed by atoms with Gasteiger partial charge in [0.05, 0.1) is 23.2 Å². The van der Waals surface area contributed by atoms with Crippen molar-refractivity contribution in [3.63, 3.8) is 0 Å². The minimum atomic E-state index is -4.52. The van der Waals surface area contributed by atoms with Crippen LogP contribution in [-0.4, -0.2) is 38.6 Å². The van der Waals surface area contributed by atoms with Gasteiger partial charge in [-0.05, 0) is 97.1 Å². The molecule has 14 heteroatoms. The Morgan fingerprint density at radius 3 is 1.23 bits per heavy atom. The maximum absolute atomic E-state index is 12.8. The van der Waals surface area contributed by atoms with Gasteiger partial charge in [-0.1, -0.05) is 11.8 Å². The molecule has 0 aliphatic heterocycles. The molecule has 10 nitrogen and oxygen atoms in total. The van der Waals surface area contributed by atoms with Gasteiger partial charge in [0, 0.05) is 9.79 Å². The van der Waals surface area contributed by atoms with Gasteiger partial charge in [-0.2, -0.15) is 8.42 Å². The predicted molar refractivity (Wildman–Crippen MR) is 148 cm³/mol. The van der Waals surface area contributed by atoms with Crippen LogP contribution in [0.5, 0.6) is 23.0 Å². The summed E-state index contributed by atoms with van der Waals surface area (Å²) in [5.41, 5.74) is 0. The van der Waals surface area contributed by atoms with E-state index in [-0.39, 0.29) is 27.0 Å². The molecule has 4 rings (SSSR count). The Morgan fingerprint density at radius 2 is 0.850 bits per heavy atom. The van der Waals surface area contributed by atoms with Gasteiger partial charge < -0.3 is 17.3 Å².